The molecule has 3 aromatic rings. The summed E-state index contributed by atoms with van der Waals surface area (Å²) in [6.07, 6.45) is 1.28. The van der Waals surface area contributed by atoms with Gasteiger partial charge in [0.05, 0.1) is 7.11 Å². The quantitative estimate of drug-likeness (QED) is 0.0587. The summed E-state index contributed by atoms with van der Waals surface area (Å²) in [6.45, 7) is 9.41. The van der Waals surface area contributed by atoms with Crippen molar-refractivity contribution in [1.29, 1.82) is 5.41 Å². The van der Waals surface area contributed by atoms with E-state index in [-0.39, 0.29) is 45.4 Å². The van der Waals surface area contributed by atoms with E-state index in [1.165, 1.54) is 68.6 Å². The van der Waals surface area contributed by atoms with Gasteiger partial charge < -0.3 is 40.1 Å². The molecule has 296 valence electrons. The van der Waals surface area contributed by atoms with Gasteiger partial charge in [0.1, 0.15) is 23.3 Å². The normalized spacial score (nSPS) is 13.0. The number of hydrogen-bond donors (Lipinski definition) is 5. The van der Waals surface area contributed by atoms with Crippen molar-refractivity contribution < 1.29 is 52.5 Å². The Labute approximate surface area is 322 Å². The van der Waals surface area contributed by atoms with Crippen LogP contribution in [-0.4, -0.2) is 79.4 Å². The lowest BCUT2D eigenvalue weighted by molar-refractivity contribution is -0.162. The fourth-order valence-electron chi connectivity index (χ4n) is 5.06. The lowest BCUT2D eigenvalue weighted by atomic mass is 9.94. The summed E-state index contributed by atoms with van der Waals surface area (Å²) < 4.78 is 25.5. The number of amidine groups is 1. The second-order valence-electron chi connectivity index (χ2n) is 13.0. The Kier molecular flexibility index (Phi) is 14.4. The summed E-state index contributed by atoms with van der Waals surface area (Å²) >= 11 is 0. The first-order chi connectivity index (χ1) is 26.6. The lowest BCUT2D eigenvalue weighted by Gasteiger charge is -2.18. The molecular weight excluding hydrogens is 728 g/mol. The zero-order valence-corrected chi connectivity index (χ0v) is 31.6. The van der Waals surface area contributed by atoms with Crippen LogP contribution in [0, 0.1) is 17.2 Å². The number of hydrogen-bond acceptors (Lipinski definition) is 14. The smallest absolute Gasteiger partial charge is 0.415 e. The monoisotopic (exact) mass is 772 g/mol. The first-order valence-electron chi connectivity index (χ1n) is 17.5. The highest BCUT2D eigenvalue weighted by Crippen LogP contribution is 2.35. The van der Waals surface area contributed by atoms with E-state index in [1.54, 1.807) is 13.8 Å². The third-order valence-corrected chi connectivity index (χ3v) is 8.34. The summed E-state index contributed by atoms with van der Waals surface area (Å²) in [6, 6.07) is 10.8. The molecule has 1 aromatic heterocycles. The van der Waals surface area contributed by atoms with Crippen molar-refractivity contribution in [2.75, 3.05) is 25.8 Å². The molecule has 1 unspecified atom stereocenters. The van der Waals surface area contributed by atoms with Crippen LogP contribution in [0.2, 0.25) is 0 Å². The summed E-state index contributed by atoms with van der Waals surface area (Å²) in [5.74, 6) is -3.55. The van der Waals surface area contributed by atoms with E-state index in [0.717, 1.165) is 19.8 Å². The predicted molar refractivity (Wildman–Crippen MR) is 203 cm³/mol. The number of pyridine rings is 1. The van der Waals surface area contributed by atoms with Gasteiger partial charge in [-0.1, -0.05) is 26.5 Å². The lowest BCUT2D eigenvalue weighted by Crippen LogP contribution is -2.37. The first kappa shape index (κ1) is 42.1. The van der Waals surface area contributed by atoms with E-state index in [2.05, 4.69) is 27.5 Å². The zero-order chi connectivity index (χ0) is 41.1. The van der Waals surface area contributed by atoms with E-state index in [9.17, 15) is 28.8 Å². The Morgan fingerprint density at radius 3 is 2.27 bits per heavy atom. The van der Waals surface area contributed by atoms with Crippen molar-refractivity contribution in [2.45, 2.75) is 52.9 Å². The predicted octanol–water partition coefficient (Wildman–Crippen LogP) is 4.39. The maximum Gasteiger partial charge on any atom is 0.415 e. The van der Waals surface area contributed by atoms with Gasteiger partial charge in [-0.25, -0.2) is 14.6 Å². The van der Waals surface area contributed by atoms with E-state index < -0.39 is 54.9 Å². The number of rotatable bonds is 16. The second-order valence-corrected chi connectivity index (χ2v) is 13.0. The van der Waals surface area contributed by atoms with Gasteiger partial charge in [0.25, 0.3) is 11.8 Å². The Balaban J connectivity index is 1.64. The van der Waals surface area contributed by atoms with Crippen LogP contribution in [-0.2, 0) is 28.5 Å². The first-order valence-corrected chi connectivity index (χ1v) is 17.5. The minimum atomic E-state index is -1.17. The van der Waals surface area contributed by atoms with Crippen LogP contribution in [0.3, 0.4) is 0 Å². The van der Waals surface area contributed by atoms with Crippen LogP contribution < -0.4 is 26.4 Å². The molecule has 17 nitrogen and oxygen atoms in total. The fraction of sp³-hybridized carbons (Fsp3) is 0.333. The number of nitrogens with zero attached hydrogens (tertiary/aromatic N) is 1. The topological polar surface area (TPSA) is 247 Å². The number of alkyl carbamates (subject to hydrolysis) is 1. The van der Waals surface area contributed by atoms with E-state index in [4.69, 9.17) is 34.8 Å². The van der Waals surface area contributed by atoms with Crippen LogP contribution in [0.15, 0.2) is 55.1 Å². The zero-order valence-electron chi connectivity index (χ0n) is 31.6. The van der Waals surface area contributed by atoms with Gasteiger partial charge >= 0.3 is 24.0 Å². The molecule has 17 heteroatoms. The van der Waals surface area contributed by atoms with Gasteiger partial charge in [-0.05, 0) is 73.2 Å². The summed E-state index contributed by atoms with van der Waals surface area (Å²) in [7, 11) is 1.41. The Morgan fingerprint density at radius 2 is 1.66 bits per heavy atom. The molecule has 6 N–H and O–H groups in total. The highest BCUT2D eigenvalue weighted by molar-refractivity contribution is 6.11. The Hall–Kier alpha value is -6.62. The van der Waals surface area contributed by atoms with Gasteiger partial charge in [-0.3, -0.25) is 29.9 Å². The standard InChI is InChI=1S/C39H44N6O11/c1-7-24-16-29(35(47)43-26-12-10-25(11-13-26)34(41)45-39(51)56-22(5)55-21(4)46)28(17-31(24)52-6)27-14-15-30(36(48)42-18-23-8-9-23)44-33(27)38(50)54-19-53-37(49)32(40)20(2)3/h7,10-17,20,22-23,32H,1,8-9,18-19,40H2,2-6H3,(H,42,48)(H,43,47)(H2,41,45,51)/t22?,32-/m0/s1. The number of benzene rings is 2. The third-order valence-electron chi connectivity index (χ3n) is 8.34. The van der Waals surface area contributed by atoms with Crippen molar-refractivity contribution in [3.05, 3.63) is 83.2 Å². The molecule has 2 aromatic carbocycles. The average molecular weight is 773 g/mol. The molecule has 4 rings (SSSR count). The number of carbonyl (C=O) groups excluding carboxylic acids is 6. The van der Waals surface area contributed by atoms with Crippen LogP contribution in [0.4, 0.5) is 10.5 Å². The van der Waals surface area contributed by atoms with Crippen molar-refractivity contribution in [3.8, 4) is 16.9 Å². The van der Waals surface area contributed by atoms with Gasteiger partial charge in [0.2, 0.25) is 13.1 Å². The molecule has 1 heterocycles. The minimum absolute atomic E-state index is 0.0416. The number of nitrogens with two attached hydrogens (primary N) is 1. The number of amides is 3. The van der Waals surface area contributed by atoms with Crippen molar-refractivity contribution in [3.63, 3.8) is 0 Å². The molecule has 3 amide bonds. The average Bonchev–Trinajstić information content (AvgIpc) is 4.00. The van der Waals surface area contributed by atoms with Gasteiger partial charge in [0, 0.05) is 53.9 Å². The molecule has 0 saturated heterocycles. The maximum absolute atomic E-state index is 14.0. The molecule has 1 saturated carbocycles. The highest BCUT2D eigenvalue weighted by Gasteiger charge is 2.27. The number of esters is 3. The fourth-order valence-corrected chi connectivity index (χ4v) is 5.06. The molecule has 0 spiro atoms. The van der Waals surface area contributed by atoms with Crippen molar-refractivity contribution in [1.82, 2.24) is 15.6 Å². The van der Waals surface area contributed by atoms with Crippen LogP contribution >= 0.6 is 0 Å². The van der Waals surface area contributed by atoms with Crippen LogP contribution in [0.5, 0.6) is 5.75 Å². The maximum atomic E-state index is 14.0. The number of aromatic nitrogens is 1. The molecule has 0 aliphatic heterocycles. The van der Waals surface area contributed by atoms with Gasteiger partial charge in [-0.15, -0.1) is 0 Å². The SMILES string of the molecule is C=Cc1cc(C(=O)Nc2ccc(C(=N)NC(=O)OC(C)OC(C)=O)cc2)c(-c2ccc(C(=O)NCC3CC3)nc2C(=O)OCOC(=O)[C@@H](N)C(C)C)cc1OC. The molecule has 1 fully saturated rings. The second kappa shape index (κ2) is 19.1. The molecule has 0 bridgehead atoms. The molecule has 0 radical (unpaired) electrons. The minimum Gasteiger partial charge on any atom is -0.496 e. The largest absolute Gasteiger partial charge is 0.496 e. The molecule has 56 heavy (non-hydrogen) atoms. The highest BCUT2D eigenvalue weighted by atomic mass is 16.7. The molecule has 2 atom stereocenters. The van der Waals surface area contributed by atoms with Crippen LogP contribution in [0.1, 0.15) is 83.0 Å². The summed E-state index contributed by atoms with van der Waals surface area (Å²) in [4.78, 5) is 80.5. The van der Waals surface area contributed by atoms with E-state index >= 15 is 0 Å². The summed E-state index contributed by atoms with van der Waals surface area (Å²) in [5.41, 5.74) is 6.67. The van der Waals surface area contributed by atoms with Crippen molar-refractivity contribution >= 4 is 53.4 Å². The number of carbonyl (C=O) groups is 6. The molecule has 1 aliphatic rings. The molecular formula is C39H44N6O11. The number of ether oxygens (including phenoxy) is 5. The summed E-state index contributed by atoms with van der Waals surface area (Å²) in [5, 5.41) is 16.0. The number of methoxy groups -OCH3 is 1. The van der Waals surface area contributed by atoms with Gasteiger partial charge in [0.15, 0.2) is 5.69 Å². The van der Waals surface area contributed by atoms with E-state index in [1.807, 2.05) is 0 Å². The van der Waals surface area contributed by atoms with Crippen molar-refractivity contribution in [2.24, 2.45) is 17.6 Å². The molecule has 1 aliphatic carbocycles. The van der Waals surface area contributed by atoms with Gasteiger partial charge in [-0.2, -0.15) is 0 Å². The number of nitrogens with one attached hydrogen (secondary N) is 4. The van der Waals surface area contributed by atoms with Crippen LogP contribution in [0.25, 0.3) is 17.2 Å². The number of anilines is 1. The Morgan fingerprint density at radius 1 is 0.964 bits per heavy atom. The third kappa shape index (κ3) is 11.4. The van der Waals surface area contributed by atoms with E-state index in [0.29, 0.717) is 29.5 Å². The Bertz CT molecular complexity index is 2010.